The van der Waals surface area contributed by atoms with E-state index in [1.54, 1.807) is 0 Å². The van der Waals surface area contributed by atoms with E-state index in [9.17, 15) is 0 Å². The van der Waals surface area contributed by atoms with Gasteiger partial charge in [0.05, 0.1) is 5.69 Å². The Morgan fingerprint density at radius 2 is 2.44 bits per heavy atom. The second-order valence-corrected chi connectivity index (χ2v) is 5.09. The van der Waals surface area contributed by atoms with Crippen molar-refractivity contribution in [2.75, 3.05) is 6.54 Å². The Bertz CT molecular complexity index is 365. The molecule has 0 spiro atoms. The van der Waals surface area contributed by atoms with Crippen molar-refractivity contribution in [2.24, 2.45) is 5.73 Å². The van der Waals surface area contributed by atoms with Crippen molar-refractivity contribution >= 4 is 0 Å². The van der Waals surface area contributed by atoms with Crippen LogP contribution in [0.5, 0.6) is 0 Å². The molecule has 2 unspecified atom stereocenters. The van der Waals surface area contributed by atoms with Crippen LogP contribution in [0.1, 0.15) is 30.8 Å². The van der Waals surface area contributed by atoms with E-state index >= 15 is 0 Å². The van der Waals surface area contributed by atoms with Gasteiger partial charge in [-0.3, -0.25) is 0 Å². The number of hydrogen-bond acceptors (Lipinski definition) is 3. The monoisotopic (exact) mass is 220 g/mol. The van der Waals surface area contributed by atoms with Crippen LogP contribution in [-0.2, 0) is 19.4 Å². The third-order valence-electron chi connectivity index (χ3n) is 3.71. The van der Waals surface area contributed by atoms with Gasteiger partial charge >= 0.3 is 0 Å². The van der Waals surface area contributed by atoms with Crippen molar-refractivity contribution in [2.45, 2.75) is 50.7 Å². The molecule has 2 aliphatic heterocycles. The van der Waals surface area contributed by atoms with Crippen LogP contribution in [0, 0.1) is 0 Å². The van der Waals surface area contributed by atoms with Crippen LogP contribution >= 0.6 is 0 Å². The maximum Gasteiger partial charge on any atom is 0.110 e. The SMILES string of the molecule is NC1CCn2cc(CC3CCCN3)nc2C1. The van der Waals surface area contributed by atoms with Crippen LogP contribution in [0.4, 0.5) is 0 Å². The normalized spacial score (nSPS) is 29.3. The molecule has 2 atom stereocenters. The minimum Gasteiger partial charge on any atom is -0.335 e. The molecule has 88 valence electrons. The maximum absolute atomic E-state index is 5.96. The van der Waals surface area contributed by atoms with E-state index in [-0.39, 0.29) is 0 Å². The first-order valence-electron chi connectivity index (χ1n) is 6.35. The molecule has 16 heavy (non-hydrogen) atoms. The van der Waals surface area contributed by atoms with E-state index in [4.69, 9.17) is 10.7 Å². The molecule has 1 saturated heterocycles. The first kappa shape index (κ1) is 10.3. The molecule has 4 heteroatoms. The Balaban J connectivity index is 1.71. The highest BCUT2D eigenvalue weighted by molar-refractivity contribution is 5.09. The Morgan fingerprint density at radius 1 is 1.50 bits per heavy atom. The lowest BCUT2D eigenvalue weighted by Crippen LogP contribution is -2.30. The minimum atomic E-state index is 0.312. The van der Waals surface area contributed by atoms with Crippen molar-refractivity contribution in [3.8, 4) is 0 Å². The largest absolute Gasteiger partial charge is 0.335 e. The topological polar surface area (TPSA) is 55.9 Å². The number of aromatic nitrogens is 2. The van der Waals surface area contributed by atoms with Gasteiger partial charge in [-0.05, 0) is 25.8 Å². The quantitative estimate of drug-likeness (QED) is 0.761. The van der Waals surface area contributed by atoms with Crippen molar-refractivity contribution in [1.29, 1.82) is 0 Å². The molecular formula is C12H20N4. The number of nitrogens with zero attached hydrogens (tertiary/aromatic N) is 2. The van der Waals surface area contributed by atoms with Crippen LogP contribution in [-0.4, -0.2) is 28.2 Å². The van der Waals surface area contributed by atoms with Gasteiger partial charge in [0, 0.05) is 37.7 Å². The summed E-state index contributed by atoms with van der Waals surface area (Å²) >= 11 is 0. The lowest BCUT2D eigenvalue weighted by Gasteiger charge is -2.18. The summed E-state index contributed by atoms with van der Waals surface area (Å²) in [4.78, 5) is 4.71. The summed E-state index contributed by atoms with van der Waals surface area (Å²) < 4.78 is 2.29. The maximum atomic E-state index is 5.96. The molecule has 0 radical (unpaired) electrons. The summed E-state index contributed by atoms with van der Waals surface area (Å²) in [6.45, 7) is 2.21. The summed E-state index contributed by atoms with van der Waals surface area (Å²) in [5, 5.41) is 3.52. The molecule has 1 aromatic rings. The van der Waals surface area contributed by atoms with Crippen LogP contribution < -0.4 is 11.1 Å². The molecule has 0 aliphatic carbocycles. The van der Waals surface area contributed by atoms with Gasteiger partial charge in [-0.1, -0.05) is 0 Å². The molecule has 3 heterocycles. The van der Waals surface area contributed by atoms with Crippen LogP contribution in [0.25, 0.3) is 0 Å². The Kier molecular flexibility index (Phi) is 2.69. The number of hydrogen-bond donors (Lipinski definition) is 2. The summed E-state index contributed by atoms with van der Waals surface area (Å²) in [6.07, 6.45) is 7.93. The van der Waals surface area contributed by atoms with Gasteiger partial charge in [0.2, 0.25) is 0 Å². The highest BCUT2D eigenvalue weighted by Crippen LogP contribution is 2.17. The molecule has 0 aromatic carbocycles. The average molecular weight is 220 g/mol. The second kappa shape index (κ2) is 4.18. The van der Waals surface area contributed by atoms with E-state index in [1.807, 2.05) is 0 Å². The van der Waals surface area contributed by atoms with Crippen LogP contribution in [0.3, 0.4) is 0 Å². The first-order valence-corrected chi connectivity index (χ1v) is 6.35. The number of nitrogens with one attached hydrogen (secondary N) is 1. The molecule has 3 rings (SSSR count). The summed E-state index contributed by atoms with van der Waals surface area (Å²) in [5.41, 5.74) is 7.20. The van der Waals surface area contributed by atoms with Crippen LogP contribution in [0.2, 0.25) is 0 Å². The fourth-order valence-electron chi connectivity index (χ4n) is 2.79. The molecule has 3 N–H and O–H groups in total. The number of nitrogens with two attached hydrogens (primary N) is 1. The van der Waals surface area contributed by atoms with Gasteiger partial charge < -0.3 is 15.6 Å². The van der Waals surface area contributed by atoms with E-state index in [0.29, 0.717) is 12.1 Å². The van der Waals surface area contributed by atoms with Crippen molar-refractivity contribution in [3.05, 3.63) is 17.7 Å². The van der Waals surface area contributed by atoms with Crippen molar-refractivity contribution in [3.63, 3.8) is 0 Å². The summed E-state index contributed by atoms with van der Waals surface area (Å²) in [6, 6.07) is 0.956. The zero-order valence-electron chi connectivity index (χ0n) is 9.65. The fourth-order valence-corrected chi connectivity index (χ4v) is 2.79. The first-order chi connectivity index (χ1) is 7.81. The Labute approximate surface area is 96.2 Å². The van der Waals surface area contributed by atoms with Crippen molar-refractivity contribution in [1.82, 2.24) is 14.9 Å². The van der Waals surface area contributed by atoms with E-state index < -0.39 is 0 Å². The predicted molar refractivity (Wildman–Crippen MR) is 63.3 cm³/mol. The number of fused-ring (bicyclic) bond motifs is 1. The molecule has 0 saturated carbocycles. The average Bonchev–Trinajstić information content (AvgIpc) is 2.86. The van der Waals surface area contributed by atoms with Gasteiger partial charge in [0.25, 0.3) is 0 Å². The molecule has 0 amide bonds. The van der Waals surface area contributed by atoms with Crippen LogP contribution in [0.15, 0.2) is 6.20 Å². The molecule has 2 aliphatic rings. The smallest absolute Gasteiger partial charge is 0.110 e. The third-order valence-corrected chi connectivity index (χ3v) is 3.71. The van der Waals surface area contributed by atoms with Gasteiger partial charge in [-0.15, -0.1) is 0 Å². The molecular weight excluding hydrogens is 200 g/mol. The minimum absolute atomic E-state index is 0.312. The van der Waals surface area contributed by atoms with Gasteiger partial charge in [0.1, 0.15) is 5.82 Å². The third kappa shape index (κ3) is 1.99. The zero-order valence-corrected chi connectivity index (χ0v) is 9.65. The fraction of sp³-hybridized carbons (Fsp3) is 0.750. The highest BCUT2D eigenvalue weighted by atomic mass is 15.1. The molecule has 1 fully saturated rings. The standard InChI is InChI=1S/C12H20N4/c13-9-3-5-16-8-11(15-12(16)6-9)7-10-2-1-4-14-10/h8-10,14H,1-7,13H2. The van der Waals surface area contributed by atoms with Gasteiger partial charge in [-0.25, -0.2) is 4.98 Å². The predicted octanol–water partition coefficient (Wildman–Crippen LogP) is 0.451. The Morgan fingerprint density at radius 3 is 3.25 bits per heavy atom. The second-order valence-electron chi connectivity index (χ2n) is 5.09. The lowest BCUT2D eigenvalue weighted by atomic mass is 10.1. The molecule has 1 aromatic heterocycles. The van der Waals surface area contributed by atoms with Gasteiger partial charge in [0.15, 0.2) is 0 Å². The van der Waals surface area contributed by atoms with Crippen molar-refractivity contribution < 1.29 is 0 Å². The Hall–Kier alpha value is -0.870. The number of rotatable bonds is 2. The van der Waals surface area contributed by atoms with E-state index in [0.717, 1.165) is 25.8 Å². The highest BCUT2D eigenvalue weighted by Gasteiger charge is 2.20. The number of imidazole rings is 1. The summed E-state index contributed by atoms with van der Waals surface area (Å²) in [5.74, 6) is 1.19. The van der Waals surface area contributed by atoms with Gasteiger partial charge in [-0.2, -0.15) is 0 Å². The summed E-state index contributed by atoms with van der Waals surface area (Å²) in [7, 11) is 0. The molecule has 0 bridgehead atoms. The van der Waals surface area contributed by atoms with E-state index in [2.05, 4.69) is 16.1 Å². The van der Waals surface area contributed by atoms with E-state index in [1.165, 1.54) is 30.9 Å². The number of aryl methyl sites for hydroxylation is 1. The zero-order chi connectivity index (χ0) is 11.0. The lowest BCUT2D eigenvalue weighted by molar-refractivity contribution is 0.463. The molecule has 4 nitrogen and oxygen atoms in total.